The topological polar surface area (TPSA) is 54.2 Å². The highest BCUT2D eigenvalue weighted by Crippen LogP contribution is 2.22. The first-order valence-electron chi connectivity index (χ1n) is 6.56. The van der Waals surface area contributed by atoms with Crippen LogP contribution in [0.5, 0.6) is 0 Å². The number of aliphatic hydroxyl groups excluding tert-OH is 1. The fraction of sp³-hybridized carbons (Fsp3) is 0.833. The Bertz CT molecular complexity index is 403. The van der Waals surface area contributed by atoms with Crippen molar-refractivity contribution in [3.05, 3.63) is 11.6 Å². The van der Waals surface area contributed by atoms with Gasteiger partial charge in [0, 0.05) is 18.9 Å². The Labute approximate surface area is 101 Å². The lowest BCUT2D eigenvalue weighted by Crippen LogP contribution is -2.27. The third-order valence-electron chi connectivity index (χ3n) is 3.98. The van der Waals surface area contributed by atoms with Crippen molar-refractivity contribution in [2.24, 2.45) is 0 Å². The molecule has 5 heteroatoms. The van der Waals surface area contributed by atoms with Crippen LogP contribution in [0.25, 0.3) is 0 Å². The van der Waals surface area contributed by atoms with Crippen LogP contribution in [0.1, 0.15) is 43.6 Å². The molecule has 2 aliphatic rings. The van der Waals surface area contributed by atoms with Crippen molar-refractivity contribution in [2.75, 3.05) is 13.6 Å². The number of nitrogens with zero attached hydrogens (tertiary/aromatic N) is 4. The van der Waals surface area contributed by atoms with Gasteiger partial charge in [0.1, 0.15) is 12.1 Å². The van der Waals surface area contributed by atoms with Crippen molar-refractivity contribution in [1.29, 1.82) is 0 Å². The highest BCUT2D eigenvalue weighted by molar-refractivity contribution is 4.99. The number of rotatable bonds is 2. The van der Waals surface area contributed by atoms with E-state index >= 15 is 0 Å². The second-order valence-electron chi connectivity index (χ2n) is 5.24. The Balaban J connectivity index is 1.75. The van der Waals surface area contributed by atoms with E-state index in [0.29, 0.717) is 6.04 Å². The summed E-state index contributed by atoms with van der Waals surface area (Å²) in [5.74, 6) is 1.86. The average molecular weight is 236 g/mol. The number of aryl methyl sites for hydroxylation is 1. The van der Waals surface area contributed by atoms with Crippen LogP contribution in [0.3, 0.4) is 0 Å². The summed E-state index contributed by atoms with van der Waals surface area (Å²) in [7, 11) is 2.17. The Morgan fingerprint density at radius 2 is 2.24 bits per heavy atom. The van der Waals surface area contributed by atoms with Crippen LogP contribution in [0, 0.1) is 0 Å². The Hall–Kier alpha value is -0.940. The normalized spacial score (nSPS) is 29.5. The highest BCUT2D eigenvalue weighted by atomic mass is 16.3. The maximum Gasteiger partial charge on any atom is 0.152 e. The van der Waals surface area contributed by atoms with Gasteiger partial charge >= 0.3 is 0 Å². The quantitative estimate of drug-likeness (QED) is 0.823. The maximum absolute atomic E-state index is 9.84. The van der Waals surface area contributed by atoms with Crippen molar-refractivity contribution in [1.82, 2.24) is 19.7 Å². The summed E-state index contributed by atoms with van der Waals surface area (Å²) in [4.78, 5) is 6.95. The molecule has 2 aliphatic heterocycles. The van der Waals surface area contributed by atoms with Crippen LogP contribution >= 0.6 is 0 Å². The van der Waals surface area contributed by atoms with Crippen LogP contribution in [0.4, 0.5) is 0 Å². The first-order valence-corrected chi connectivity index (χ1v) is 6.56. The van der Waals surface area contributed by atoms with Crippen molar-refractivity contribution in [2.45, 2.75) is 50.8 Å². The molecule has 0 amide bonds. The third-order valence-corrected chi connectivity index (χ3v) is 3.98. The second kappa shape index (κ2) is 4.38. The summed E-state index contributed by atoms with van der Waals surface area (Å²) < 4.78 is 1.72. The van der Waals surface area contributed by atoms with Gasteiger partial charge in [-0.25, -0.2) is 9.67 Å². The molecule has 1 N–H and O–H groups in total. The summed E-state index contributed by atoms with van der Waals surface area (Å²) in [5.41, 5.74) is 0. The van der Waals surface area contributed by atoms with Crippen molar-refractivity contribution >= 4 is 0 Å². The number of hydrogen-bond donors (Lipinski definition) is 1. The predicted molar refractivity (Wildman–Crippen MR) is 63.6 cm³/mol. The zero-order valence-electron chi connectivity index (χ0n) is 10.3. The molecule has 3 heterocycles. The zero-order valence-corrected chi connectivity index (χ0v) is 10.3. The van der Waals surface area contributed by atoms with Gasteiger partial charge in [0.25, 0.3) is 0 Å². The molecule has 2 unspecified atom stereocenters. The molecular formula is C12H20N4O. The van der Waals surface area contributed by atoms with Crippen LogP contribution in [-0.2, 0) is 12.8 Å². The van der Waals surface area contributed by atoms with E-state index in [0.717, 1.165) is 37.3 Å². The van der Waals surface area contributed by atoms with E-state index in [9.17, 15) is 5.11 Å². The third kappa shape index (κ3) is 2.09. The largest absolute Gasteiger partial charge is 0.372 e. The number of hydrogen-bond acceptors (Lipinski definition) is 4. The standard InChI is InChI=1S/C12H20N4O/c1-15-7-3-4-9(15)8-10-13-11-5-2-6-12(17)16(11)14-10/h9,12,17H,2-8H2,1H3. The van der Waals surface area contributed by atoms with Gasteiger partial charge in [0.15, 0.2) is 5.82 Å². The SMILES string of the molecule is CN1CCCC1Cc1nc2n(n1)C(O)CCC2. The molecule has 1 fully saturated rings. The molecule has 0 aliphatic carbocycles. The lowest BCUT2D eigenvalue weighted by atomic mass is 10.1. The molecule has 0 radical (unpaired) electrons. The zero-order chi connectivity index (χ0) is 11.8. The number of likely N-dealkylation sites (tertiary alicyclic amines) is 1. The highest BCUT2D eigenvalue weighted by Gasteiger charge is 2.25. The molecule has 0 saturated carbocycles. The summed E-state index contributed by atoms with van der Waals surface area (Å²) in [6.07, 6.45) is 5.75. The van der Waals surface area contributed by atoms with E-state index in [2.05, 4.69) is 22.0 Å². The fourth-order valence-corrected chi connectivity index (χ4v) is 2.91. The first kappa shape index (κ1) is 11.2. The van der Waals surface area contributed by atoms with E-state index in [1.807, 2.05) is 0 Å². The molecule has 0 spiro atoms. The number of likely N-dealkylation sites (N-methyl/N-ethyl adjacent to an activating group) is 1. The molecule has 3 rings (SSSR count). The smallest absolute Gasteiger partial charge is 0.152 e. The Morgan fingerprint density at radius 3 is 2.94 bits per heavy atom. The minimum Gasteiger partial charge on any atom is -0.372 e. The Kier molecular flexibility index (Phi) is 2.88. The molecular weight excluding hydrogens is 216 g/mol. The summed E-state index contributed by atoms with van der Waals surface area (Å²) >= 11 is 0. The van der Waals surface area contributed by atoms with Crippen LogP contribution < -0.4 is 0 Å². The molecule has 2 atom stereocenters. The molecule has 1 aromatic heterocycles. The number of aliphatic hydroxyl groups is 1. The summed E-state index contributed by atoms with van der Waals surface area (Å²) in [6, 6.07) is 0.580. The van der Waals surface area contributed by atoms with Crippen molar-refractivity contribution < 1.29 is 5.11 Å². The Morgan fingerprint density at radius 1 is 1.35 bits per heavy atom. The minimum absolute atomic E-state index is 0.457. The van der Waals surface area contributed by atoms with Gasteiger partial charge in [-0.05, 0) is 39.3 Å². The van der Waals surface area contributed by atoms with Gasteiger partial charge in [-0.3, -0.25) is 0 Å². The van der Waals surface area contributed by atoms with Crippen LogP contribution in [0.2, 0.25) is 0 Å². The maximum atomic E-state index is 9.84. The lowest BCUT2D eigenvalue weighted by Gasteiger charge is -2.18. The molecule has 1 aromatic rings. The van der Waals surface area contributed by atoms with E-state index in [-0.39, 0.29) is 0 Å². The van der Waals surface area contributed by atoms with Gasteiger partial charge in [-0.1, -0.05) is 0 Å². The van der Waals surface area contributed by atoms with E-state index in [1.165, 1.54) is 19.4 Å². The molecule has 0 aromatic carbocycles. The van der Waals surface area contributed by atoms with E-state index in [1.54, 1.807) is 4.68 Å². The molecule has 94 valence electrons. The monoisotopic (exact) mass is 236 g/mol. The van der Waals surface area contributed by atoms with Crippen molar-refractivity contribution in [3.63, 3.8) is 0 Å². The molecule has 0 bridgehead atoms. The number of fused-ring (bicyclic) bond motifs is 1. The predicted octanol–water partition coefficient (Wildman–Crippen LogP) is 0.742. The summed E-state index contributed by atoms with van der Waals surface area (Å²) in [6.45, 7) is 1.18. The second-order valence-corrected chi connectivity index (χ2v) is 5.24. The van der Waals surface area contributed by atoms with E-state index < -0.39 is 6.23 Å². The van der Waals surface area contributed by atoms with Crippen molar-refractivity contribution in [3.8, 4) is 0 Å². The van der Waals surface area contributed by atoms with E-state index in [4.69, 9.17) is 0 Å². The van der Waals surface area contributed by atoms with Gasteiger partial charge in [-0.2, -0.15) is 5.10 Å². The minimum atomic E-state index is -0.457. The van der Waals surface area contributed by atoms with Gasteiger partial charge < -0.3 is 10.0 Å². The molecule has 5 nitrogen and oxygen atoms in total. The summed E-state index contributed by atoms with van der Waals surface area (Å²) in [5, 5.41) is 14.3. The molecule has 1 saturated heterocycles. The first-order chi connectivity index (χ1) is 8.24. The number of aromatic nitrogens is 3. The van der Waals surface area contributed by atoms with Gasteiger partial charge in [0.2, 0.25) is 0 Å². The van der Waals surface area contributed by atoms with Gasteiger partial charge in [-0.15, -0.1) is 0 Å². The van der Waals surface area contributed by atoms with Gasteiger partial charge in [0.05, 0.1) is 0 Å². The lowest BCUT2D eigenvalue weighted by molar-refractivity contribution is 0.0643. The molecule has 17 heavy (non-hydrogen) atoms. The fourth-order valence-electron chi connectivity index (χ4n) is 2.91. The van der Waals surface area contributed by atoms with Crippen LogP contribution in [0.15, 0.2) is 0 Å². The average Bonchev–Trinajstić information content (AvgIpc) is 2.87. The van der Waals surface area contributed by atoms with Crippen LogP contribution in [-0.4, -0.2) is 44.4 Å².